The van der Waals surface area contributed by atoms with Gasteiger partial charge in [-0.05, 0) is 0 Å². The van der Waals surface area contributed by atoms with Gasteiger partial charge in [0.1, 0.15) is 0 Å². The lowest BCUT2D eigenvalue weighted by Crippen LogP contribution is -1.99. The third-order valence-electron chi connectivity index (χ3n) is 1.03. The predicted molar refractivity (Wildman–Crippen MR) is 39.7 cm³/mol. The highest BCUT2D eigenvalue weighted by Gasteiger charge is 2.04. The van der Waals surface area contributed by atoms with Crippen molar-refractivity contribution in [3.05, 3.63) is 24.0 Å². The zero-order chi connectivity index (χ0) is 9.56. The second kappa shape index (κ2) is 4.95. The Labute approximate surface area is 68.3 Å². The van der Waals surface area contributed by atoms with Gasteiger partial charge < -0.3 is 15.3 Å². The van der Waals surface area contributed by atoms with E-state index in [0.29, 0.717) is 6.26 Å². The second-order valence-electron chi connectivity index (χ2n) is 1.90. The summed E-state index contributed by atoms with van der Waals surface area (Å²) in [6.07, 6.45) is 2.28. The molecule has 0 bridgehead atoms. The number of hydrogen-bond acceptors (Lipinski definition) is 3. The van der Waals surface area contributed by atoms with Crippen LogP contribution in [0, 0.1) is 0 Å². The molecule has 12 heavy (non-hydrogen) atoms. The molecular weight excluding hydrogens is 164 g/mol. The van der Waals surface area contributed by atoms with Crippen molar-refractivity contribution in [3.8, 4) is 0 Å². The van der Waals surface area contributed by atoms with Crippen molar-refractivity contribution in [1.29, 1.82) is 0 Å². The molecule has 5 nitrogen and oxygen atoms in total. The zero-order valence-corrected chi connectivity index (χ0v) is 6.10. The Bertz CT molecular complexity index is 238. The Morgan fingerprint density at radius 1 is 1.25 bits per heavy atom. The molecule has 0 unspecified atom stereocenters. The van der Waals surface area contributed by atoms with E-state index in [1.165, 1.54) is 0 Å². The van der Waals surface area contributed by atoms with Crippen LogP contribution in [-0.2, 0) is 9.59 Å². The third-order valence-corrected chi connectivity index (χ3v) is 1.03. The molecule has 0 spiro atoms. The highest BCUT2D eigenvalue weighted by atomic mass is 16.4. The summed E-state index contributed by atoms with van der Waals surface area (Å²) in [4.78, 5) is 20.1. The fraction of sp³-hybridized carbons (Fsp3) is 0.143. The van der Waals surface area contributed by atoms with Gasteiger partial charge in [-0.1, -0.05) is 6.08 Å². The van der Waals surface area contributed by atoms with Gasteiger partial charge in [-0.25, -0.2) is 9.59 Å². The molecule has 0 atom stereocenters. The Kier molecular flexibility index (Phi) is 4.21. The fourth-order valence-corrected chi connectivity index (χ4v) is 0.482. The van der Waals surface area contributed by atoms with Crippen molar-refractivity contribution in [2.45, 2.75) is 6.42 Å². The van der Waals surface area contributed by atoms with E-state index in [0.717, 1.165) is 12.2 Å². The van der Waals surface area contributed by atoms with Crippen LogP contribution in [0.2, 0.25) is 0 Å². The lowest BCUT2D eigenvalue weighted by molar-refractivity contribution is -0.133. The molecule has 0 saturated heterocycles. The molecule has 0 heterocycles. The molecule has 0 aliphatic heterocycles. The smallest absolute Gasteiger partial charge is 0.334 e. The average Bonchev–Trinajstić information content (AvgIpc) is 1.96. The number of aliphatic hydroxyl groups is 1. The summed E-state index contributed by atoms with van der Waals surface area (Å²) < 4.78 is 0. The molecule has 0 aliphatic carbocycles. The first-order valence-corrected chi connectivity index (χ1v) is 3.04. The number of carbonyl (C=O) groups is 2. The summed E-state index contributed by atoms with van der Waals surface area (Å²) in [7, 11) is 0. The van der Waals surface area contributed by atoms with E-state index < -0.39 is 11.9 Å². The van der Waals surface area contributed by atoms with Gasteiger partial charge >= 0.3 is 11.9 Å². The quantitative estimate of drug-likeness (QED) is 0.425. The Hall–Kier alpha value is -1.78. The number of aliphatic hydroxyl groups excluding tert-OH is 1. The van der Waals surface area contributed by atoms with Gasteiger partial charge in [0.15, 0.2) is 0 Å². The van der Waals surface area contributed by atoms with Crippen molar-refractivity contribution < 1.29 is 24.9 Å². The van der Waals surface area contributed by atoms with Crippen LogP contribution in [0.25, 0.3) is 0 Å². The Morgan fingerprint density at radius 2 is 1.83 bits per heavy atom. The van der Waals surface area contributed by atoms with Crippen molar-refractivity contribution in [1.82, 2.24) is 0 Å². The summed E-state index contributed by atoms with van der Waals surface area (Å²) >= 11 is 0. The van der Waals surface area contributed by atoms with Gasteiger partial charge in [0.2, 0.25) is 0 Å². The molecule has 0 aliphatic rings. The normalized spacial score (nSPS) is 11.8. The monoisotopic (exact) mass is 172 g/mol. The average molecular weight is 172 g/mol. The number of rotatable bonds is 4. The molecule has 0 saturated carbocycles. The molecule has 0 fully saturated rings. The Balaban J connectivity index is 4.08. The SMILES string of the molecule is O=C(O)C=CCC(=CO)C(=O)O. The van der Waals surface area contributed by atoms with E-state index in [9.17, 15) is 9.59 Å². The maximum Gasteiger partial charge on any atom is 0.334 e. The molecule has 0 aromatic rings. The topological polar surface area (TPSA) is 94.8 Å². The van der Waals surface area contributed by atoms with Crippen LogP contribution >= 0.6 is 0 Å². The summed E-state index contributed by atoms with van der Waals surface area (Å²) in [6.45, 7) is 0. The van der Waals surface area contributed by atoms with E-state index in [-0.39, 0.29) is 12.0 Å². The van der Waals surface area contributed by atoms with Crippen LogP contribution < -0.4 is 0 Å². The molecule has 0 aromatic heterocycles. The van der Waals surface area contributed by atoms with E-state index in [4.69, 9.17) is 15.3 Å². The highest BCUT2D eigenvalue weighted by Crippen LogP contribution is 2.00. The number of hydrogen-bond donors (Lipinski definition) is 3. The van der Waals surface area contributed by atoms with E-state index >= 15 is 0 Å². The number of allylic oxidation sites excluding steroid dienone is 1. The summed E-state index contributed by atoms with van der Waals surface area (Å²) in [6, 6.07) is 0. The predicted octanol–water partition coefficient (Wildman–Crippen LogP) is 0.544. The van der Waals surface area contributed by atoms with Gasteiger partial charge in [0.25, 0.3) is 0 Å². The van der Waals surface area contributed by atoms with E-state index in [1.54, 1.807) is 0 Å². The van der Waals surface area contributed by atoms with Gasteiger partial charge in [0, 0.05) is 12.5 Å². The summed E-state index contributed by atoms with van der Waals surface area (Å²) in [5.74, 6) is -2.43. The second-order valence-corrected chi connectivity index (χ2v) is 1.90. The molecule has 5 heteroatoms. The molecule has 3 N–H and O–H groups in total. The summed E-state index contributed by atoms with van der Waals surface area (Å²) in [5, 5.41) is 24.8. The van der Waals surface area contributed by atoms with Crippen LogP contribution in [0.5, 0.6) is 0 Å². The molecule has 66 valence electrons. The van der Waals surface area contributed by atoms with Crippen molar-refractivity contribution in [2.75, 3.05) is 0 Å². The van der Waals surface area contributed by atoms with Crippen molar-refractivity contribution >= 4 is 11.9 Å². The largest absolute Gasteiger partial charge is 0.515 e. The highest BCUT2D eigenvalue weighted by molar-refractivity contribution is 5.87. The molecule has 0 radical (unpaired) electrons. The number of carboxylic acid groups (broad SMARTS) is 2. The number of carboxylic acids is 2. The number of aliphatic carboxylic acids is 2. The third kappa shape index (κ3) is 4.10. The van der Waals surface area contributed by atoms with Gasteiger partial charge in [-0.3, -0.25) is 0 Å². The van der Waals surface area contributed by atoms with Crippen molar-refractivity contribution in [2.24, 2.45) is 0 Å². The first-order chi connectivity index (χ1) is 5.57. The zero-order valence-electron chi connectivity index (χ0n) is 6.10. The summed E-state index contributed by atoms with van der Waals surface area (Å²) in [5.41, 5.74) is -0.257. The minimum Gasteiger partial charge on any atom is -0.515 e. The first kappa shape index (κ1) is 10.2. The molecule has 0 aromatic carbocycles. The maximum atomic E-state index is 10.2. The van der Waals surface area contributed by atoms with Crippen LogP contribution in [0.1, 0.15) is 6.42 Å². The fourth-order valence-electron chi connectivity index (χ4n) is 0.482. The van der Waals surface area contributed by atoms with Crippen LogP contribution in [0.3, 0.4) is 0 Å². The maximum absolute atomic E-state index is 10.2. The lowest BCUT2D eigenvalue weighted by atomic mass is 10.2. The van der Waals surface area contributed by atoms with E-state index in [2.05, 4.69) is 0 Å². The molecule has 0 rings (SSSR count). The van der Waals surface area contributed by atoms with E-state index in [1.807, 2.05) is 0 Å². The van der Waals surface area contributed by atoms with Gasteiger partial charge in [-0.15, -0.1) is 0 Å². The minimum absolute atomic E-state index is 0.113. The minimum atomic E-state index is -1.27. The van der Waals surface area contributed by atoms with Gasteiger partial charge in [-0.2, -0.15) is 0 Å². The Morgan fingerprint density at radius 3 is 2.17 bits per heavy atom. The van der Waals surface area contributed by atoms with Crippen LogP contribution in [0.15, 0.2) is 24.0 Å². The lowest BCUT2D eigenvalue weighted by Gasteiger charge is -1.92. The van der Waals surface area contributed by atoms with Gasteiger partial charge in [0.05, 0.1) is 11.8 Å². The molecule has 0 amide bonds. The first-order valence-electron chi connectivity index (χ1n) is 3.04. The standard InChI is InChI=1S/C7H8O5/c8-4-5(7(11)12)2-1-3-6(9)10/h1,3-4,8H,2H2,(H,9,10)(H,11,12). The molecular formula is C7H8O5. The van der Waals surface area contributed by atoms with Crippen LogP contribution in [0.4, 0.5) is 0 Å². The van der Waals surface area contributed by atoms with Crippen LogP contribution in [-0.4, -0.2) is 27.3 Å². The van der Waals surface area contributed by atoms with Crippen molar-refractivity contribution in [3.63, 3.8) is 0 Å².